The zero-order valence-corrected chi connectivity index (χ0v) is 6.42. The zero-order valence-electron chi connectivity index (χ0n) is 6.42. The summed E-state index contributed by atoms with van der Waals surface area (Å²) in [6, 6.07) is 0. The van der Waals surface area contributed by atoms with Crippen molar-refractivity contribution >= 4 is 11.9 Å². The van der Waals surface area contributed by atoms with Gasteiger partial charge in [-0.3, -0.25) is 0 Å². The molecule has 13 heavy (non-hydrogen) atoms. The summed E-state index contributed by atoms with van der Waals surface area (Å²) in [7, 11) is 0. The minimum absolute atomic E-state index is 0.795. The van der Waals surface area contributed by atoms with Crippen LogP contribution in [-0.4, -0.2) is 18.1 Å². The van der Waals surface area contributed by atoms with Crippen LogP contribution in [0.5, 0.6) is 0 Å². The molecule has 0 amide bonds. The highest BCUT2D eigenvalue weighted by Gasteiger charge is 2.43. The molecular formula is C6H5F3O4. The van der Waals surface area contributed by atoms with Gasteiger partial charge in [-0.05, 0) is 6.92 Å². The van der Waals surface area contributed by atoms with E-state index < -0.39 is 18.1 Å². The molecule has 0 bridgehead atoms. The standard InChI is InChI=1S/C6H5F3O4/c1-2-3-4(10)12-13-5(11)6(7,8)9/h2-3H,1H3/b3-2+. The molecule has 0 aliphatic carbocycles. The van der Waals surface area contributed by atoms with E-state index in [0.717, 1.165) is 6.08 Å². The molecule has 74 valence electrons. The highest BCUT2D eigenvalue weighted by Crippen LogP contribution is 2.16. The first kappa shape index (κ1) is 11.5. The molecule has 0 heterocycles. The Bertz CT molecular complexity index is 231. The Hall–Kier alpha value is -1.53. The van der Waals surface area contributed by atoms with Crippen molar-refractivity contribution in [1.29, 1.82) is 0 Å². The third-order valence-electron chi connectivity index (χ3n) is 0.734. The molecule has 0 aliphatic heterocycles. The van der Waals surface area contributed by atoms with E-state index in [2.05, 4.69) is 9.78 Å². The second-order valence-corrected chi connectivity index (χ2v) is 1.77. The second kappa shape index (κ2) is 4.48. The van der Waals surface area contributed by atoms with Crippen LogP contribution in [-0.2, 0) is 19.4 Å². The van der Waals surface area contributed by atoms with Crippen molar-refractivity contribution < 1.29 is 32.5 Å². The van der Waals surface area contributed by atoms with Crippen molar-refractivity contribution in [1.82, 2.24) is 0 Å². The quantitative estimate of drug-likeness (QED) is 0.360. The zero-order chi connectivity index (χ0) is 10.5. The number of hydrogen-bond donors (Lipinski definition) is 0. The molecule has 0 atom stereocenters. The van der Waals surface area contributed by atoms with Gasteiger partial charge < -0.3 is 0 Å². The van der Waals surface area contributed by atoms with E-state index in [-0.39, 0.29) is 0 Å². The van der Waals surface area contributed by atoms with E-state index in [1.807, 2.05) is 0 Å². The lowest BCUT2D eigenvalue weighted by atomic mass is 10.5. The molecule has 0 spiro atoms. The van der Waals surface area contributed by atoms with Crippen LogP contribution in [0.2, 0.25) is 0 Å². The van der Waals surface area contributed by atoms with Crippen LogP contribution in [0.15, 0.2) is 12.2 Å². The van der Waals surface area contributed by atoms with E-state index in [1.54, 1.807) is 0 Å². The molecular weight excluding hydrogens is 193 g/mol. The number of carbonyl (C=O) groups excluding carboxylic acids is 2. The summed E-state index contributed by atoms with van der Waals surface area (Å²) in [5.74, 6) is -3.77. The van der Waals surface area contributed by atoms with E-state index in [4.69, 9.17) is 0 Å². The molecule has 0 fully saturated rings. The fraction of sp³-hybridized carbons (Fsp3) is 0.333. The molecule has 0 aliphatic rings. The predicted molar refractivity (Wildman–Crippen MR) is 33.1 cm³/mol. The summed E-state index contributed by atoms with van der Waals surface area (Å²) in [6.45, 7) is 1.44. The average Bonchev–Trinajstić information content (AvgIpc) is 1.99. The molecule has 7 heteroatoms. The van der Waals surface area contributed by atoms with Crippen molar-refractivity contribution in [2.45, 2.75) is 13.1 Å². The van der Waals surface area contributed by atoms with Crippen LogP contribution in [0.3, 0.4) is 0 Å². The maximum absolute atomic E-state index is 11.4. The number of rotatable bonds is 1. The number of hydrogen-bond acceptors (Lipinski definition) is 4. The Morgan fingerprint density at radius 1 is 1.23 bits per heavy atom. The van der Waals surface area contributed by atoms with Gasteiger partial charge in [-0.25, -0.2) is 19.4 Å². The van der Waals surface area contributed by atoms with E-state index >= 15 is 0 Å². The van der Waals surface area contributed by atoms with E-state index in [9.17, 15) is 22.8 Å². The number of allylic oxidation sites excluding steroid dienone is 1. The first-order valence-corrected chi connectivity index (χ1v) is 3.00. The average molecular weight is 198 g/mol. The number of alkyl halides is 3. The van der Waals surface area contributed by atoms with E-state index in [1.165, 1.54) is 13.0 Å². The molecule has 4 nitrogen and oxygen atoms in total. The van der Waals surface area contributed by atoms with Gasteiger partial charge >= 0.3 is 18.1 Å². The Kier molecular flexibility index (Phi) is 3.96. The van der Waals surface area contributed by atoms with Crippen LogP contribution < -0.4 is 0 Å². The highest BCUT2D eigenvalue weighted by molar-refractivity contribution is 5.82. The Morgan fingerprint density at radius 2 is 1.77 bits per heavy atom. The minimum atomic E-state index is -5.17. The van der Waals surface area contributed by atoms with Gasteiger partial charge in [0.2, 0.25) is 0 Å². The summed E-state index contributed by atoms with van der Waals surface area (Å²) < 4.78 is 34.2. The lowest BCUT2D eigenvalue weighted by molar-refractivity contribution is -0.282. The third-order valence-corrected chi connectivity index (χ3v) is 0.734. The number of halogens is 3. The molecule has 0 radical (unpaired) electrons. The summed E-state index contributed by atoms with van der Waals surface area (Å²) >= 11 is 0. The van der Waals surface area contributed by atoms with Crippen LogP contribution in [0.25, 0.3) is 0 Å². The van der Waals surface area contributed by atoms with Crippen LogP contribution in [0.4, 0.5) is 13.2 Å². The van der Waals surface area contributed by atoms with Crippen LogP contribution in [0.1, 0.15) is 6.92 Å². The smallest absolute Gasteiger partial charge is 0.242 e. The molecule has 0 unspecified atom stereocenters. The fourth-order valence-electron chi connectivity index (χ4n) is 0.290. The number of carbonyl (C=O) groups is 2. The first-order valence-electron chi connectivity index (χ1n) is 3.00. The Balaban J connectivity index is 3.91. The maximum atomic E-state index is 11.4. The van der Waals surface area contributed by atoms with Gasteiger partial charge in [-0.15, -0.1) is 0 Å². The lowest BCUT2D eigenvalue weighted by Gasteiger charge is -2.02. The summed E-state index contributed by atoms with van der Waals surface area (Å²) in [4.78, 5) is 26.9. The Morgan fingerprint density at radius 3 is 2.15 bits per heavy atom. The summed E-state index contributed by atoms with van der Waals surface area (Å²) in [5, 5.41) is 0. The molecule has 0 aromatic heterocycles. The largest absolute Gasteiger partial charge is 0.495 e. The predicted octanol–water partition coefficient (Wildman–Crippen LogP) is 1.13. The second-order valence-electron chi connectivity index (χ2n) is 1.77. The summed E-state index contributed by atoms with van der Waals surface area (Å²) in [5.41, 5.74) is 0. The topological polar surface area (TPSA) is 52.6 Å². The van der Waals surface area contributed by atoms with Gasteiger partial charge in [0.1, 0.15) is 0 Å². The van der Waals surface area contributed by atoms with Gasteiger partial charge in [0.15, 0.2) is 0 Å². The molecule has 0 rings (SSSR count). The third kappa shape index (κ3) is 4.83. The SMILES string of the molecule is C/C=C/C(=O)OOC(=O)C(F)(F)F. The molecule has 0 N–H and O–H groups in total. The van der Waals surface area contributed by atoms with Gasteiger partial charge in [0.25, 0.3) is 0 Å². The normalized spacial score (nSPS) is 11.4. The molecule has 0 aromatic carbocycles. The van der Waals surface area contributed by atoms with Gasteiger partial charge in [0, 0.05) is 6.08 Å². The van der Waals surface area contributed by atoms with Crippen molar-refractivity contribution in [2.24, 2.45) is 0 Å². The molecule has 0 aromatic rings. The molecule has 0 saturated heterocycles. The Labute approximate surface area is 70.9 Å². The summed E-state index contributed by atoms with van der Waals surface area (Å²) in [6.07, 6.45) is -3.16. The van der Waals surface area contributed by atoms with Crippen molar-refractivity contribution in [3.8, 4) is 0 Å². The van der Waals surface area contributed by atoms with Gasteiger partial charge in [-0.2, -0.15) is 13.2 Å². The van der Waals surface area contributed by atoms with Crippen molar-refractivity contribution in [2.75, 3.05) is 0 Å². The lowest BCUT2D eigenvalue weighted by Crippen LogP contribution is -2.26. The van der Waals surface area contributed by atoms with Gasteiger partial charge in [-0.1, -0.05) is 6.08 Å². The fourth-order valence-corrected chi connectivity index (χ4v) is 0.290. The van der Waals surface area contributed by atoms with Gasteiger partial charge in [0.05, 0.1) is 0 Å². The van der Waals surface area contributed by atoms with Crippen molar-refractivity contribution in [3.63, 3.8) is 0 Å². The monoisotopic (exact) mass is 198 g/mol. The first-order chi connectivity index (χ1) is 5.88. The van der Waals surface area contributed by atoms with Crippen LogP contribution in [0, 0.1) is 0 Å². The van der Waals surface area contributed by atoms with Crippen LogP contribution >= 0.6 is 0 Å². The minimum Gasteiger partial charge on any atom is -0.242 e. The highest BCUT2D eigenvalue weighted by atomic mass is 19.4. The van der Waals surface area contributed by atoms with Crippen molar-refractivity contribution in [3.05, 3.63) is 12.2 Å². The molecule has 0 saturated carbocycles. The maximum Gasteiger partial charge on any atom is 0.495 e. The van der Waals surface area contributed by atoms with E-state index in [0.29, 0.717) is 0 Å².